The first kappa shape index (κ1) is 12.7. The van der Waals surface area contributed by atoms with Gasteiger partial charge in [-0.1, -0.05) is 18.2 Å². The van der Waals surface area contributed by atoms with Gasteiger partial charge in [0.25, 0.3) is 0 Å². The maximum Gasteiger partial charge on any atom is 0.338 e. The molecule has 0 bridgehead atoms. The zero-order valence-corrected chi connectivity index (χ0v) is 11.9. The van der Waals surface area contributed by atoms with Crippen LogP contribution in [0.1, 0.15) is 28.4 Å². The van der Waals surface area contributed by atoms with E-state index < -0.39 is 0 Å². The monoisotopic (exact) mass is 267 g/mol. The van der Waals surface area contributed by atoms with Crippen molar-refractivity contribution < 1.29 is 9.53 Å². The Bertz CT molecular complexity index is 815. The number of fused-ring (bicyclic) bond motifs is 3. The van der Waals surface area contributed by atoms with Crippen molar-refractivity contribution in [3.63, 3.8) is 0 Å². The zero-order chi connectivity index (χ0) is 14.3. The molecule has 2 aromatic carbocycles. The average Bonchev–Trinajstić information content (AvgIpc) is 2.83. The molecule has 0 aliphatic rings. The fraction of sp³-hybridized carbons (Fsp3) is 0.235. The summed E-state index contributed by atoms with van der Waals surface area (Å²) in [5, 5.41) is 2.07. The van der Waals surface area contributed by atoms with E-state index in [9.17, 15) is 4.79 Å². The molecule has 0 atom stereocenters. The second kappa shape index (κ2) is 4.67. The number of ether oxygens (including phenoxy) is 1. The van der Waals surface area contributed by atoms with E-state index >= 15 is 0 Å². The van der Waals surface area contributed by atoms with Crippen LogP contribution in [-0.4, -0.2) is 17.6 Å². The molecule has 0 unspecified atom stereocenters. The molecule has 3 nitrogen and oxygen atoms in total. The van der Waals surface area contributed by atoms with Crippen LogP contribution in [0.2, 0.25) is 0 Å². The second-order valence-corrected chi connectivity index (χ2v) is 5.02. The molecule has 0 aliphatic heterocycles. The van der Waals surface area contributed by atoms with Crippen LogP contribution < -0.4 is 0 Å². The maximum atomic E-state index is 12.2. The second-order valence-electron chi connectivity index (χ2n) is 5.02. The number of aromatic nitrogens is 1. The van der Waals surface area contributed by atoms with Gasteiger partial charge in [0, 0.05) is 21.8 Å². The van der Waals surface area contributed by atoms with Gasteiger partial charge in [0.2, 0.25) is 0 Å². The Morgan fingerprint density at radius 1 is 1.10 bits per heavy atom. The van der Waals surface area contributed by atoms with Gasteiger partial charge in [-0.25, -0.2) is 4.79 Å². The molecule has 1 heterocycles. The topological polar surface area (TPSA) is 42.1 Å². The van der Waals surface area contributed by atoms with Crippen LogP contribution in [-0.2, 0) is 4.74 Å². The van der Waals surface area contributed by atoms with Gasteiger partial charge in [-0.3, -0.25) is 0 Å². The highest BCUT2D eigenvalue weighted by atomic mass is 16.5. The predicted molar refractivity (Wildman–Crippen MR) is 81.2 cm³/mol. The van der Waals surface area contributed by atoms with Gasteiger partial charge >= 0.3 is 5.97 Å². The van der Waals surface area contributed by atoms with E-state index in [1.807, 2.05) is 25.1 Å². The minimum absolute atomic E-state index is 0.264. The minimum Gasteiger partial charge on any atom is -0.462 e. The lowest BCUT2D eigenvalue weighted by molar-refractivity contribution is 0.0529. The Morgan fingerprint density at radius 3 is 2.60 bits per heavy atom. The molecule has 0 saturated carbocycles. The molecular weight excluding hydrogens is 250 g/mol. The van der Waals surface area contributed by atoms with Crippen molar-refractivity contribution in [1.29, 1.82) is 0 Å². The highest BCUT2D eigenvalue weighted by Crippen LogP contribution is 2.32. The number of benzene rings is 2. The van der Waals surface area contributed by atoms with Crippen LogP contribution in [0.25, 0.3) is 21.8 Å². The van der Waals surface area contributed by atoms with Crippen molar-refractivity contribution >= 4 is 27.8 Å². The summed E-state index contributed by atoms with van der Waals surface area (Å²) in [6, 6.07) is 9.89. The summed E-state index contributed by atoms with van der Waals surface area (Å²) >= 11 is 0. The molecule has 0 fully saturated rings. The lowest BCUT2D eigenvalue weighted by Gasteiger charge is -2.05. The van der Waals surface area contributed by atoms with Gasteiger partial charge in [-0.2, -0.15) is 0 Å². The van der Waals surface area contributed by atoms with Crippen molar-refractivity contribution in [1.82, 2.24) is 4.98 Å². The predicted octanol–water partition coefficient (Wildman–Crippen LogP) is 4.11. The van der Waals surface area contributed by atoms with E-state index in [-0.39, 0.29) is 5.97 Å². The lowest BCUT2D eigenvalue weighted by atomic mass is 10.0. The summed E-state index contributed by atoms with van der Waals surface area (Å²) in [6.45, 7) is 6.34. The number of H-pyrrole nitrogens is 1. The van der Waals surface area contributed by atoms with Crippen LogP contribution in [0.4, 0.5) is 0 Å². The van der Waals surface area contributed by atoms with Crippen molar-refractivity contribution in [2.45, 2.75) is 20.8 Å². The van der Waals surface area contributed by atoms with Crippen LogP contribution >= 0.6 is 0 Å². The van der Waals surface area contributed by atoms with Crippen molar-refractivity contribution in [2.24, 2.45) is 0 Å². The van der Waals surface area contributed by atoms with Gasteiger partial charge < -0.3 is 9.72 Å². The fourth-order valence-corrected chi connectivity index (χ4v) is 2.73. The van der Waals surface area contributed by atoms with E-state index in [0.29, 0.717) is 12.2 Å². The SMILES string of the molecule is CCOC(=O)c1cccc2[nH]c3c(C)ccc(C)c3c12. The van der Waals surface area contributed by atoms with Crippen LogP contribution in [0.3, 0.4) is 0 Å². The highest BCUT2D eigenvalue weighted by Gasteiger charge is 2.17. The third-order valence-corrected chi connectivity index (χ3v) is 3.69. The molecule has 3 heteroatoms. The minimum atomic E-state index is -0.264. The van der Waals surface area contributed by atoms with Gasteiger partial charge in [0.05, 0.1) is 12.2 Å². The summed E-state index contributed by atoms with van der Waals surface area (Å²) in [6.07, 6.45) is 0. The number of hydrogen-bond acceptors (Lipinski definition) is 2. The fourth-order valence-electron chi connectivity index (χ4n) is 2.73. The molecule has 0 amide bonds. The quantitative estimate of drug-likeness (QED) is 0.710. The van der Waals surface area contributed by atoms with Crippen molar-refractivity contribution in [2.75, 3.05) is 6.61 Å². The number of aryl methyl sites for hydroxylation is 2. The third kappa shape index (κ3) is 1.78. The number of carbonyl (C=O) groups excluding carboxylic acids is 1. The molecule has 0 aliphatic carbocycles. The molecule has 1 aromatic heterocycles. The lowest BCUT2D eigenvalue weighted by Crippen LogP contribution is -2.04. The average molecular weight is 267 g/mol. The van der Waals surface area contributed by atoms with E-state index in [1.165, 1.54) is 5.56 Å². The number of esters is 1. The van der Waals surface area contributed by atoms with Gasteiger partial charge in [0.15, 0.2) is 0 Å². The van der Waals surface area contributed by atoms with Gasteiger partial charge in [-0.05, 0) is 44.0 Å². The van der Waals surface area contributed by atoms with Crippen LogP contribution in [0.15, 0.2) is 30.3 Å². The first-order chi connectivity index (χ1) is 9.63. The molecule has 3 rings (SSSR count). The Morgan fingerprint density at radius 2 is 1.85 bits per heavy atom. The molecule has 20 heavy (non-hydrogen) atoms. The first-order valence-electron chi connectivity index (χ1n) is 6.81. The Kier molecular flexibility index (Phi) is 2.97. The van der Waals surface area contributed by atoms with Crippen LogP contribution in [0, 0.1) is 13.8 Å². The zero-order valence-electron chi connectivity index (χ0n) is 11.9. The van der Waals surface area contributed by atoms with Crippen molar-refractivity contribution in [3.8, 4) is 0 Å². The molecule has 0 saturated heterocycles. The van der Waals surface area contributed by atoms with E-state index in [0.717, 1.165) is 27.4 Å². The summed E-state index contributed by atoms with van der Waals surface area (Å²) < 4.78 is 5.17. The molecule has 0 spiro atoms. The van der Waals surface area contributed by atoms with Crippen LogP contribution in [0.5, 0.6) is 0 Å². The number of nitrogens with one attached hydrogen (secondary N) is 1. The molecule has 3 aromatic rings. The Labute approximate surface area is 117 Å². The summed E-state index contributed by atoms with van der Waals surface area (Å²) in [5.74, 6) is -0.264. The van der Waals surface area contributed by atoms with E-state index in [1.54, 1.807) is 0 Å². The number of hydrogen-bond donors (Lipinski definition) is 1. The van der Waals surface area contributed by atoms with E-state index in [4.69, 9.17) is 4.74 Å². The highest BCUT2D eigenvalue weighted by molar-refractivity contribution is 6.18. The smallest absolute Gasteiger partial charge is 0.338 e. The number of aromatic amines is 1. The summed E-state index contributed by atoms with van der Waals surface area (Å²) in [7, 11) is 0. The Balaban J connectivity index is 2.44. The van der Waals surface area contributed by atoms with E-state index in [2.05, 4.69) is 31.0 Å². The molecule has 1 N–H and O–H groups in total. The molecule has 102 valence electrons. The van der Waals surface area contributed by atoms with Crippen molar-refractivity contribution in [3.05, 3.63) is 47.0 Å². The number of rotatable bonds is 2. The molecule has 0 radical (unpaired) electrons. The standard InChI is InChI=1S/C17H17NO2/c1-4-20-17(19)12-6-5-7-13-15(12)14-10(2)8-9-11(3)16(14)18-13/h5-9,18H,4H2,1-3H3. The number of carbonyl (C=O) groups is 1. The third-order valence-electron chi connectivity index (χ3n) is 3.69. The normalized spacial score (nSPS) is 11.2. The van der Waals surface area contributed by atoms with Gasteiger partial charge in [0.1, 0.15) is 0 Å². The largest absolute Gasteiger partial charge is 0.462 e. The van der Waals surface area contributed by atoms with Gasteiger partial charge in [-0.15, -0.1) is 0 Å². The summed E-state index contributed by atoms with van der Waals surface area (Å²) in [4.78, 5) is 15.6. The Hall–Kier alpha value is -2.29. The maximum absolute atomic E-state index is 12.2. The first-order valence-corrected chi connectivity index (χ1v) is 6.81. The molecular formula is C17H17NO2. The summed E-state index contributed by atoms with van der Waals surface area (Å²) in [5.41, 5.74) is 5.04.